The molecule has 2 aromatic rings. The fourth-order valence-electron chi connectivity index (χ4n) is 2.03. The molecular weight excluding hydrogens is 297 g/mol. The monoisotopic (exact) mass is 314 g/mol. The second kappa shape index (κ2) is 6.31. The minimum atomic E-state index is -4.39. The minimum absolute atomic E-state index is 0.216. The maximum absolute atomic E-state index is 12.8. The second-order valence-corrected chi connectivity index (χ2v) is 5.00. The number of furan rings is 1. The number of anilines is 2. The van der Waals surface area contributed by atoms with Crippen molar-refractivity contribution < 1.29 is 22.7 Å². The maximum atomic E-state index is 12.8. The summed E-state index contributed by atoms with van der Waals surface area (Å²) in [5.74, 6) is 0.944. The SMILES string of the molecule is CN(C)c1ccc(C(F)(F)F)cc1NCc1ccc(CO)o1. The Bertz CT molecular complexity index is 636. The summed E-state index contributed by atoms with van der Waals surface area (Å²) >= 11 is 0. The Morgan fingerprint density at radius 3 is 2.36 bits per heavy atom. The van der Waals surface area contributed by atoms with Crippen molar-refractivity contribution in [1.29, 1.82) is 0 Å². The first-order chi connectivity index (χ1) is 10.3. The Kier molecular flexibility index (Phi) is 4.65. The molecule has 0 bridgehead atoms. The number of halogens is 3. The lowest BCUT2D eigenvalue weighted by Gasteiger charge is -2.20. The van der Waals surface area contributed by atoms with Crippen molar-refractivity contribution in [3.05, 3.63) is 47.4 Å². The topological polar surface area (TPSA) is 48.6 Å². The molecule has 2 rings (SSSR count). The van der Waals surface area contributed by atoms with Gasteiger partial charge in [-0.1, -0.05) is 0 Å². The number of hydrogen-bond donors (Lipinski definition) is 2. The van der Waals surface area contributed by atoms with E-state index in [4.69, 9.17) is 9.52 Å². The van der Waals surface area contributed by atoms with E-state index in [1.165, 1.54) is 6.07 Å². The van der Waals surface area contributed by atoms with Crippen LogP contribution in [0.4, 0.5) is 24.5 Å². The molecule has 0 atom stereocenters. The molecule has 4 nitrogen and oxygen atoms in total. The first-order valence-corrected chi connectivity index (χ1v) is 6.62. The van der Waals surface area contributed by atoms with Crippen molar-refractivity contribution in [3.63, 3.8) is 0 Å². The molecule has 0 saturated heterocycles. The average molecular weight is 314 g/mol. The molecule has 2 N–H and O–H groups in total. The molecule has 120 valence electrons. The predicted molar refractivity (Wildman–Crippen MR) is 77.7 cm³/mol. The zero-order valence-electron chi connectivity index (χ0n) is 12.2. The van der Waals surface area contributed by atoms with Gasteiger partial charge in [0.2, 0.25) is 0 Å². The Morgan fingerprint density at radius 2 is 1.82 bits per heavy atom. The molecular formula is C15H17F3N2O2. The summed E-state index contributed by atoms with van der Waals surface area (Å²) in [5, 5.41) is 11.9. The molecule has 1 aromatic carbocycles. The van der Waals surface area contributed by atoms with Gasteiger partial charge in [0.1, 0.15) is 18.1 Å². The van der Waals surface area contributed by atoms with Crippen molar-refractivity contribution >= 4 is 11.4 Å². The molecule has 1 heterocycles. The number of benzene rings is 1. The van der Waals surface area contributed by atoms with Crippen LogP contribution in [-0.4, -0.2) is 19.2 Å². The molecule has 0 amide bonds. The zero-order valence-corrected chi connectivity index (χ0v) is 12.2. The summed E-state index contributed by atoms with van der Waals surface area (Å²) < 4.78 is 43.8. The molecule has 7 heteroatoms. The second-order valence-electron chi connectivity index (χ2n) is 5.00. The van der Waals surface area contributed by atoms with Crippen molar-refractivity contribution in [2.24, 2.45) is 0 Å². The van der Waals surface area contributed by atoms with Crippen molar-refractivity contribution in [2.45, 2.75) is 19.3 Å². The summed E-state index contributed by atoms with van der Waals surface area (Å²) in [6, 6.07) is 6.84. The number of alkyl halides is 3. The van der Waals surface area contributed by atoms with Gasteiger partial charge < -0.3 is 19.7 Å². The average Bonchev–Trinajstić information content (AvgIpc) is 2.91. The summed E-state index contributed by atoms with van der Waals surface area (Å²) in [5.41, 5.74) is 0.291. The van der Waals surface area contributed by atoms with Crippen LogP contribution in [0.5, 0.6) is 0 Å². The molecule has 0 radical (unpaired) electrons. The molecule has 0 aliphatic carbocycles. The largest absolute Gasteiger partial charge is 0.462 e. The molecule has 0 fully saturated rings. The van der Waals surface area contributed by atoms with Crippen LogP contribution in [0, 0.1) is 0 Å². The quantitative estimate of drug-likeness (QED) is 0.887. The van der Waals surface area contributed by atoms with E-state index in [0.717, 1.165) is 12.1 Å². The third kappa shape index (κ3) is 3.73. The third-order valence-corrected chi connectivity index (χ3v) is 3.13. The van der Waals surface area contributed by atoms with Crippen molar-refractivity contribution in [3.8, 4) is 0 Å². The van der Waals surface area contributed by atoms with Gasteiger partial charge in [0.25, 0.3) is 0 Å². The van der Waals surface area contributed by atoms with E-state index in [0.29, 0.717) is 22.9 Å². The van der Waals surface area contributed by atoms with Crippen LogP contribution >= 0.6 is 0 Å². The fourth-order valence-corrected chi connectivity index (χ4v) is 2.03. The zero-order chi connectivity index (χ0) is 16.3. The van der Waals surface area contributed by atoms with E-state index in [9.17, 15) is 13.2 Å². The van der Waals surface area contributed by atoms with E-state index in [1.54, 1.807) is 31.1 Å². The standard InChI is InChI=1S/C15H17F3N2O2/c1-20(2)14-6-3-10(15(16,17)18)7-13(14)19-8-11-4-5-12(9-21)22-11/h3-7,19,21H,8-9H2,1-2H3. The number of aliphatic hydroxyl groups excluding tert-OH is 1. The van der Waals surface area contributed by atoms with Gasteiger partial charge >= 0.3 is 6.18 Å². The summed E-state index contributed by atoms with van der Waals surface area (Å²) in [4.78, 5) is 1.73. The maximum Gasteiger partial charge on any atom is 0.416 e. The van der Waals surface area contributed by atoms with Crippen molar-refractivity contribution in [1.82, 2.24) is 0 Å². The van der Waals surface area contributed by atoms with Gasteiger partial charge in [-0.15, -0.1) is 0 Å². The Hall–Kier alpha value is -2.15. The van der Waals surface area contributed by atoms with E-state index in [2.05, 4.69) is 5.32 Å². The molecule has 0 saturated carbocycles. The van der Waals surface area contributed by atoms with Crippen LogP contribution in [0.15, 0.2) is 34.7 Å². The number of hydrogen-bond acceptors (Lipinski definition) is 4. The summed E-state index contributed by atoms with van der Waals surface area (Å²) in [7, 11) is 3.51. The van der Waals surface area contributed by atoms with Gasteiger partial charge in [0, 0.05) is 14.1 Å². The van der Waals surface area contributed by atoms with Crippen LogP contribution in [0.2, 0.25) is 0 Å². The highest BCUT2D eigenvalue weighted by Gasteiger charge is 2.31. The van der Waals surface area contributed by atoms with Crippen molar-refractivity contribution in [2.75, 3.05) is 24.3 Å². The minimum Gasteiger partial charge on any atom is -0.462 e. The Labute approximate surface area is 126 Å². The van der Waals surface area contributed by atoms with E-state index in [-0.39, 0.29) is 13.2 Å². The highest BCUT2D eigenvalue weighted by atomic mass is 19.4. The van der Waals surface area contributed by atoms with Crippen LogP contribution in [0.25, 0.3) is 0 Å². The highest BCUT2D eigenvalue weighted by Crippen LogP contribution is 2.35. The third-order valence-electron chi connectivity index (χ3n) is 3.13. The van der Waals surface area contributed by atoms with Gasteiger partial charge in [0.05, 0.1) is 23.5 Å². The lowest BCUT2D eigenvalue weighted by Crippen LogP contribution is -2.14. The van der Waals surface area contributed by atoms with Gasteiger partial charge in [-0.25, -0.2) is 0 Å². The van der Waals surface area contributed by atoms with Gasteiger partial charge in [0.15, 0.2) is 0 Å². The van der Waals surface area contributed by atoms with Gasteiger partial charge in [-0.3, -0.25) is 0 Å². The fraction of sp³-hybridized carbons (Fsp3) is 0.333. The number of nitrogens with one attached hydrogen (secondary N) is 1. The molecule has 0 aliphatic heterocycles. The van der Waals surface area contributed by atoms with Gasteiger partial charge in [-0.05, 0) is 30.3 Å². The summed E-state index contributed by atoms with van der Waals surface area (Å²) in [6.45, 7) is 0.00859. The normalized spacial score (nSPS) is 11.5. The smallest absolute Gasteiger partial charge is 0.416 e. The highest BCUT2D eigenvalue weighted by molar-refractivity contribution is 5.70. The van der Waals surface area contributed by atoms with E-state index >= 15 is 0 Å². The lowest BCUT2D eigenvalue weighted by atomic mass is 10.1. The molecule has 22 heavy (non-hydrogen) atoms. The first-order valence-electron chi connectivity index (χ1n) is 6.62. The molecule has 1 aromatic heterocycles. The first kappa shape index (κ1) is 16.2. The molecule has 0 aliphatic rings. The van der Waals surface area contributed by atoms with Crippen LogP contribution < -0.4 is 10.2 Å². The van der Waals surface area contributed by atoms with E-state index in [1.807, 2.05) is 0 Å². The van der Waals surface area contributed by atoms with Crippen LogP contribution in [0.3, 0.4) is 0 Å². The van der Waals surface area contributed by atoms with Crippen LogP contribution in [0.1, 0.15) is 17.1 Å². The number of nitrogens with zero attached hydrogens (tertiary/aromatic N) is 1. The van der Waals surface area contributed by atoms with E-state index < -0.39 is 11.7 Å². The predicted octanol–water partition coefficient (Wildman–Crippen LogP) is 3.47. The number of rotatable bonds is 5. The van der Waals surface area contributed by atoms with Gasteiger partial charge in [-0.2, -0.15) is 13.2 Å². The Morgan fingerprint density at radius 1 is 1.14 bits per heavy atom. The van der Waals surface area contributed by atoms with Crippen LogP contribution in [-0.2, 0) is 19.3 Å². The lowest BCUT2D eigenvalue weighted by molar-refractivity contribution is -0.137. The summed E-state index contributed by atoms with van der Waals surface area (Å²) in [6.07, 6.45) is -4.39. The Balaban J connectivity index is 2.23. The molecule has 0 spiro atoms. The number of aliphatic hydroxyl groups is 1. The molecule has 0 unspecified atom stereocenters.